The summed E-state index contributed by atoms with van der Waals surface area (Å²) in [5.74, 6) is 0.367. The molecule has 0 aromatic heterocycles. The molecule has 0 amide bonds. The van der Waals surface area contributed by atoms with Gasteiger partial charge in [0.15, 0.2) is 12.3 Å². The molecule has 0 aliphatic carbocycles. The number of nitrogens with zero attached hydrogens (tertiary/aromatic N) is 1. The average Bonchev–Trinajstić information content (AvgIpc) is 2.28. The maximum Gasteiger partial charge on any atom is 0.178 e. The van der Waals surface area contributed by atoms with E-state index in [1.54, 1.807) is 0 Å². The molecule has 0 saturated heterocycles. The van der Waals surface area contributed by atoms with Crippen LogP contribution in [0.15, 0.2) is 30.3 Å². The SMILES string of the molecule is CCC(C)/C(C)=[N+](\[O-])Cc1ccccc1. The minimum Gasteiger partial charge on any atom is -0.624 e. The Balaban J connectivity index is 2.74. The van der Waals surface area contributed by atoms with E-state index < -0.39 is 0 Å². The van der Waals surface area contributed by atoms with Gasteiger partial charge in [-0.15, -0.1) is 0 Å². The molecule has 0 aliphatic heterocycles. The first kappa shape index (κ1) is 11.8. The summed E-state index contributed by atoms with van der Waals surface area (Å²) in [7, 11) is 0. The van der Waals surface area contributed by atoms with Gasteiger partial charge in [0.25, 0.3) is 0 Å². The van der Waals surface area contributed by atoms with E-state index in [-0.39, 0.29) is 0 Å². The number of rotatable bonds is 4. The van der Waals surface area contributed by atoms with Crippen molar-refractivity contribution in [3.63, 3.8) is 0 Å². The summed E-state index contributed by atoms with van der Waals surface area (Å²) in [6, 6.07) is 9.84. The first-order chi connectivity index (χ1) is 7.15. The van der Waals surface area contributed by atoms with Crippen LogP contribution in [0.25, 0.3) is 0 Å². The number of hydroxylamine groups is 1. The highest BCUT2D eigenvalue weighted by Crippen LogP contribution is 2.06. The van der Waals surface area contributed by atoms with E-state index in [9.17, 15) is 5.21 Å². The van der Waals surface area contributed by atoms with E-state index in [4.69, 9.17) is 0 Å². The number of benzene rings is 1. The van der Waals surface area contributed by atoms with E-state index in [2.05, 4.69) is 13.8 Å². The van der Waals surface area contributed by atoms with Gasteiger partial charge in [0.05, 0.1) is 0 Å². The Hall–Kier alpha value is -1.31. The molecular formula is C13H19NO. The van der Waals surface area contributed by atoms with Gasteiger partial charge >= 0.3 is 0 Å². The Kier molecular flexibility index (Phi) is 4.35. The van der Waals surface area contributed by atoms with Crippen LogP contribution in [0, 0.1) is 11.1 Å². The Morgan fingerprint density at radius 1 is 1.33 bits per heavy atom. The van der Waals surface area contributed by atoms with Crippen LogP contribution >= 0.6 is 0 Å². The monoisotopic (exact) mass is 205 g/mol. The van der Waals surface area contributed by atoms with Crippen LogP contribution in [-0.2, 0) is 6.54 Å². The quantitative estimate of drug-likeness (QED) is 0.321. The molecule has 0 N–H and O–H groups in total. The average molecular weight is 205 g/mol. The lowest BCUT2D eigenvalue weighted by atomic mass is 10.0. The van der Waals surface area contributed by atoms with Crippen LogP contribution < -0.4 is 0 Å². The van der Waals surface area contributed by atoms with Gasteiger partial charge in [-0.05, 0) is 6.42 Å². The van der Waals surface area contributed by atoms with Crippen molar-refractivity contribution in [1.82, 2.24) is 0 Å². The van der Waals surface area contributed by atoms with Crippen LogP contribution in [0.3, 0.4) is 0 Å². The van der Waals surface area contributed by atoms with Crippen molar-refractivity contribution in [2.45, 2.75) is 33.7 Å². The topological polar surface area (TPSA) is 26.1 Å². The first-order valence-corrected chi connectivity index (χ1v) is 5.47. The summed E-state index contributed by atoms with van der Waals surface area (Å²) < 4.78 is 1.10. The second kappa shape index (κ2) is 5.54. The Labute approximate surface area is 91.8 Å². The predicted molar refractivity (Wildman–Crippen MR) is 63.9 cm³/mol. The van der Waals surface area contributed by atoms with Gasteiger partial charge in [0.2, 0.25) is 0 Å². The fourth-order valence-corrected chi connectivity index (χ4v) is 1.42. The van der Waals surface area contributed by atoms with Crippen LogP contribution in [0.4, 0.5) is 0 Å². The molecule has 1 aromatic rings. The van der Waals surface area contributed by atoms with E-state index >= 15 is 0 Å². The van der Waals surface area contributed by atoms with E-state index in [0.717, 1.165) is 22.4 Å². The largest absolute Gasteiger partial charge is 0.624 e. The van der Waals surface area contributed by atoms with Crippen molar-refractivity contribution in [3.8, 4) is 0 Å². The lowest BCUT2D eigenvalue weighted by Crippen LogP contribution is -2.19. The lowest BCUT2D eigenvalue weighted by Gasteiger charge is -2.12. The van der Waals surface area contributed by atoms with Crippen molar-refractivity contribution >= 4 is 5.71 Å². The molecule has 0 fully saturated rings. The Morgan fingerprint density at radius 3 is 2.47 bits per heavy atom. The smallest absolute Gasteiger partial charge is 0.178 e. The van der Waals surface area contributed by atoms with Gasteiger partial charge in [-0.25, -0.2) is 4.74 Å². The highest BCUT2D eigenvalue weighted by atomic mass is 16.5. The van der Waals surface area contributed by atoms with Gasteiger partial charge in [-0.1, -0.05) is 44.2 Å². The van der Waals surface area contributed by atoms with Crippen molar-refractivity contribution in [1.29, 1.82) is 0 Å². The van der Waals surface area contributed by atoms with Gasteiger partial charge in [0.1, 0.15) is 0 Å². The van der Waals surface area contributed by atoms with Gasteiger partial charge < -0.3 is 5.21 Å². The summed E-state index contributed by atoms with van der Waals surface area (Å²) in [4.78, 5) is 0. The lowest BCUT2D eigenvalue weighted by molar-refractivity contribution is -0.478. The molecule has 0 spiro atoms. The van der Waals surface area contributed by atoms with Crippen molar-refractivity contribution in [2.24, 2.45) is 5.92 Å². The summed E-state index contributed by atoms with van der Waals surface area (Å²) in [5, 5.41) is 11.8. The molecule has 15 heavy (non-hydrogen) atoms. The standard InChI is InChI=1S/C13H19NO/c1-4-11(2)12(3)14(15)10-13-8-6-5-7-9-13/h5-9,11H,4,10H2,1-3H3/b14-12-. The van der Waals surface area contributed by atoms with Gasteiger partial charge in [-0.2, -0.15) is 0 Å². The fraction of sp³-hybridized carbons (Fsp3) is 0.462. The third-order valence-corrected chi connectivity index (χ3v) is 2.89. The first-order valence-electron chi connectivity index (χ1n) is 5.47. The zero-order valence-corrected chi connectivity index (χ0v) is 9.73. The molecule has 2 heteroatoms. The third-order valence-electron chi connectivity index (χ3n) is 2.89. The minimum absolute atomic E-state index is 0.367. The summed E-state index contributed by atoms with van der Waals surface area (Å²) in [5.41, 5.74) is 1.98. The summed E-state index contributed by atoms with van der Waals surface area (Å²) in [6.45, 7) is 6.57. The van der Waals surface area contributed by atoms with E-state index in [0.29, 0.717) is 12.5 Å². The van der Waals surface area contributed by atoms with Crippen molar-refractivity contribution < 1.29 is 4.74 Å². The summed E-state index contributed by atoms with van der Waals surface area (Å²) in [6.07, 6.45) is 1.01. The molecule has 0 heterocycles. The fourth-order valence-electron chi connectivity index (χ4n) is 1.42. The Bertz CT molecular complexity index is 330. The highest BCUT2D eigenvalue weighted by molar-refractivity contribution is 5.79. The molecule has 0 bridgehead atoms. The van der Waals surface area contributed by atoms with Gasteiger partial charge in [-0.3, -0.25) is 0 Å². The maximum absolute atomic E-state index is 11.8. The van der Waals surface area contributed by atoms with E-state index in [1.165, 1.54) is 0 Å². The molecule has 0 saturated carbocycles. The predicted octanol–water partition coefficient (Wildman–Crippen LogP) is 3.20. The molecule has 1 atom stereocenters. The maximum atomic E-state index is 11.8. The number of hydrogen-bond acceptors (Lipinski definition) is 1. The molecule has 82 valence electrons. The van der Waals surface area contributed by atoms with Crippen LogP contribution in [0.2, 0.25) is 0 Å². The zero-order chi connectivity index (χ0) is 11.3. The van der Waals surface area contributed by atoms with Crippen molar-refractivity contribution in [3.05, 3.63) is 41.1 Å². The second-order valence-electron chi connectivity index (χ2n) is 3.97. The van der Waals surface area contributed by atoms with Crippen molar-refractivity contribution in [2.75, 3.05) is 0 Å². The molecular weight excluding hydrogens is 186 g/mol. The van der Waals surface area contributed by atoms with Crippen LogP contribution in [0.5, 0.6) is 0 Å². The summed E-state index contributed by atoms with van der Waals surface area (Å²) >= 11 is 0. The van der Waals surface area contributed by atoms with E-state index in [1.807, 2.05) is 37.3 Å². The minimum atomic E-state index is 0.367. The molecule has 1 aromatic carbocycles. The molecule has 1 rings (SSSR count). The highest BCUT2D eigenvalue weighted by Gasteiger charge is 2.11. The van der Waals surface area contributed by atoms with Crippen LogP contribution in [-0.4, -0.2) is 10.5 Å². The molecule has 0 radical (unpaired) electrons. The Morgan fingerprint density at radius 2 is 1.93 bits per heavy atom. The van der Waals surface area contributed by atoms with Crippen LogP contribution in [0.1, 0.15) is 32.8 Å². The zero-order valence-electron chi connectivity index (χ0n) is 9.73. The molecule has 2 nitrogen and oxygen atoms in total. The van der Waals surface area contributed by atoms with Gasteiger partial charge in [0, 0.05) is 18.4 Å². The second-order valence-corrected chi connectivity index (χ2v) is 3.97. The third kappa shape index (κ3) is 3.39. The normalized spacial score (nSPS) is 14.6. The molecule has 1 unspecified atom stereocenters. The molecule has 0 aliphatic rings. The number of hydrogen-bond donors (Lipinski definition) is 0.